The zero-order chi connectivity index (χ0) is 12.0. The second-order valence-corrected chi connectivity index (χ2v) is 4.78. The number of nitrogens with one attached hydrogen (secondary N) is 1. The summed E-state index contributed by atoms with van der Waals surface area (Å²) in [7, 11) is 0. The van der Waals surface area contributed by atoms with Gasteiger partial charge in [-0.15, -0.1) is 0 Å². The molecule has 1 aromatic rings. The smallest absolute Gasteiger partial charge is 0.138 e. The Morgan fingerprint density at radius 3 is 2.88 bits per heavy atom. The van der Waals surface area contributed by atoms with Crippen LogP contribution in [0, 0.1) is 0 Å². The molecule has 0 saturated heterocycles. The summed E-state index contributed by atoms with van der Waals surface area (Å²) in [5, 5.41) is 12.7. The topological polar surface area (TPSA) is 54.4 Å². The summed E-state index contributed by atoms with van der Waals surface area (Å²) in [5.41, 5.74) is 0. The maximum Gasteiger partial charge on any atom is 0.138 e. The van der Waals surface area contributed by atoms with Gasteiger partial charge in [0.15, 0.2) is 0 Å². The normalized spacial score (nSPS) is 12.8. The number of hydrogen-bond acceptors (Lipinski definition) is 4. The molecule has 0 amide bonds. The zero-order valence-electron chi connectivity index (χ0n) is 9.48. The number of ether oxygens (including phenoxy) is 1. The van der Waals surface area contributed by atoms with E-state index in [1.54, 1.807) is 12.4 Å². The summed E-state index contributed by atoms with van der Waals surface area (Å²) in [6.45, 7) is 4.86. The van der Waals surface area contributed by atoms with Crippen LogP contribution in [0.5, 0.6) is 5.75 Å². The molecule has 2 N–H and O–H groups in total. The average molecular weight is 289 g/mol. The van der Waals surface area contributed by atoms with Crippen molar-refractivity contribution in [3.05, 3.63) is 22.9 Å². The van der Waals surface area contributed by atoms with E-state index < -0.39 is 6.10 Å². The molecule has 1 aromatic heterocycles. The number of nitrogens with zero attached hydrogens (tertiary/aromatic N) is 1. The molecule has 1 heterocycles. The van der Waals surface area contributed by atoms with Crippen LogP contribution in [0.2, 0.25) is 0 Å². The molecule has 0 aliphatic heterocycles. The number of aliphatic hydroxyl groups is 1. The number of rotatable bonds is 6. The Balaban J connectivity index is 2.28. The van der Waals surface area contributed by atoms with Crippen molar-refractivity contribution < 1.29 is 9.84 Å². The highest BCUT2D eigenvalue weighted by Crippen LogP contribution is 2.15. The highest BCUT2D eigenvalue weighted by Gasteiger charge is 2.06. The van der Waals surface area contributed by atoms with Crippen LogP contribution >= 0.6 is 15.9 Å². The van der Waals surface area contributed by atoms with Gasteiger partial charge in [-0.2, -0.15) is 0 Å². The number of aliphatic hydroxyl groups excluding tert-OH is 1. The molecule has 1 unspecified atom stereocenters. The first-order valence-corrected chi connectivity index (χ1v) is 6.02. The Hall–Kier alpha value is -0.650. The molecule has 0 radical (unpaired) electrons. The summed E-state index contributed by atoms with van der Waals surface area (Å²) >= 11 is 3.30. The second-order valence-electron chi connectivity index (χ2n) is 3.87. The van der Waals surface area contributed by atoms with Crippen molar-refractivity contribution in [2.75, 3.05) is 13.2 Å². The Morgan fingerprint density at radius 2 is 2.25 bits per heavy atom. The summed E-state index contributed by atoms with van der Waals surface area (Å²) < 4.78 is 6.26. The lowest BCUT2D eigenvalue weighted by Gasteiger charge is -2.14. The van der Waals surface area contributed by atoms with Crippen LogP contribution in [0.3, 0.4) is 0 Å². The van der Waals surface area contributed by atoms with Crippen LogP contribution in [0.25, 0.3) is 0 Å². The fourth-order valence-electron chi connectivity index (χ4n) is 1.09. The molecule has 0 bridgehead atoms. The Kier molecular flexibility index (Phi) is 5.73. The molecule has 0 aliphatic rings. The molecular weight excluding hydrogens is 272 g/mol. The molecule has 0 spiro atoms. The van der Waals surface area contributed by atoms with Crippen LogP contribution in [0.15, 0.2) is 22.9 Å². The van der Waals surface area contributed by atoms with Crippen molar-refractivity contribution in [3.8, 4) is 5.75 Å². The Bertz CT molecular complexity index is 321. The van der Waals surface area contributed by atoms with Crippen molar-refractivity contribution in [1.29, 1.82) is 0 Å². The number of hydrogen-bond donors (Lipinski definition) is 2. The summed E-state index contributed by atoms with van der Waals surface area (Å²) in [6, 6.07) is 2.18. The predicted octanol–water partition coefficient (Wildman–Crippen LogP) is 1.58. The fraction of sp³-hybridized carbons (Fsp3) is 0.545. The Labute approximate surface area is 104 Å². The van der Waals surface area contributed by atoms with Gasteiger partial charge in [-0.1, -0.05) is 13.8 Å². The minimum atomic E-state index is -0.513. The van der Waals surface area contributed by atoms with Crippen LogP contribution in [0.1, 0.15) is 13.8 Å². The summed E-state index contributed by atoms with van der Waals surface area (Å²) in [5.74, 6) is 0.651. The Morgan fingerprint density at radius 1 is 1.50 bits per heavy atom. The molecule has 1 rings (SSSR count). The number of aromatic nitrogens is 1. The van der Waals surface area contributed by atoms with Gasteiger partial charge in [-0.3, -0.25) is 4.98 Å². The van der Waals surface area contributed by atoms with Crippen LogP contribution in [0.4, 0.5) is 0 Å². The third-order valence-electron chi connectivity index (χ3n) is 1.88. The minimum Gasteiger partial charge on any atom is -0.489 e. The molecule has 0 aromatic carbocycles. The molecule has 0 saturated carbocycles. The first kappa shape index (κ1) is 13.4. The van der Waals surface area contributed by atoms with E-state index in [1.165, 1.54) is 0 Å². The van der Waals surface area contributed by atoms with Gasteiger partial charge < -0.3 is 15.2 Å². The largest absolute Gasteiger partial charge is 0.489 e. The predicted molar refractivity (Wildman–Crippen MR) is 66.6 cm³/mol. The second kappa shape index (κ2) is 6.83. The standard InChI is InChI=1S/C11H17BrN2O2/c1-8(2)14-5-10(15)7-16-11-3-9(12)4-13-6-11/h3-4,6,8,10,14-15H,5,7H2,1-2H3. The highest BCUT2D eigenvalue weighted by atomic mass is 79.9. The van der Waals surface area contributed by atoms with Gasteiger partial charge in [0.2, 0.25) is 0 Å². The van der Waals surface area contributed by atoms with E-state index in [0.29, 0.717) is 18.3 Å². The van der Waals surface area contributed by atoms with E-state index in [9.17, 15) is 5.11 Å². The fourth-order valence-corrected chi connectivity index (χ4v) is 1.44. The molecule has 4 nitrogen and oxygen atoms in total. The first-order valence-electron chi connectivity index (χ1n) is 5.22. The van der Waals surface area contributed by atoms with E-state index in [0.717, 1.165) is 4.47 Å². The van der Waals surface area contributed by atoms with Crippen molar-refractivity contribution in [2.24, 2.45) is 0 Å². The van der Waals surface area contributed by atoms with E-state index in [4.69, 9.17) is 4.74 Å². The molecule has 90 valence electrons. The van der Waals surface area contributed by atoms with E-state index in [1.807, 2.05) is 19.9 Å². The third-order valence-corrected chi connectivity index (χ3v) is 2.32. The zero-order valence-corrected chi connectivity index (χ0v) is 11.1. The van der Waals surface area contributed by atoms with Crippen molar-refractivity contribution in [2.45, 2.75) is 26.0 Å². The third kappa shape index (κ3) is 5.44. The highest BCUT2D eigenvalue weighted by molar-refractivity contribution is 9.10. The van der Waals surface area contributed by atoms with Crippen LogP contribution in [-0.2, 0) is 0 Å². The van der Waals surface area contributed by atoms with Gasteiger partial charge in [0.25, 0.3) is 0 Å². The number of halogens is 1. The van der Waals surface area contributed by atoms with Crippen molar-refractivity contribution in [1.82, 2.24) is 10.3 Å². The first-order chi connectivity index (χ1) is 7.58. The van der Waals surface area contributed by atoms with Crippen LogP contribution in [-0.4, -0.2) is 35.4 Å². The monoisotopic (exact) mass is 288 g/mol. The molecular formula is C11H17BrN2O2. The van der Waals surface area contributed by atoms with Gasteiger partial charge in [0, 0.05) is 23.3 Å². The molecule has 1 atom stereocenters. The maximum absolute atomic E-state index is 9.61. The summed E-state index contributed by atoms with van der Waals surface area (Å²) in [6.07, 6.45) is 2.79. The molecule has 0 aliphatic carbocycles. The van der Waals surface area contributed by atoms with Gasteiger partial charge in [-0.05, 0) is 22.0 Å². The summed E-state index contributed by atoms with van der Waals surface area (Å²) in [4.78, 5) is 3.97. The van der Waals surface area contributed by atoms with Gasteiger partial charge in [0.05, 0.1) is 6.20 Å². The van der Waals surface area contributed by atoms with Crippen molar-refractivity contribution in [3.63, 3.8) is 0 Å². The molecule has 0 fully saturated rings. The number of pyridine rings is 1. The van der Waals surface area contributed by atoms with E-state index in [-0.39, 0.29) is 6.61 Å². The quantitative estimate of drug-likeness (QED) is 0.835. The lowest BCUT2D eigenvalue weighted by atomic mass is 10.3. The molecule has 16 heavy (non-hydrogen) atoms. The van der Waals surface area contributed by atoms with Gasteiger partial charge in [0.1, 0.15) is 18.5 Å². The lowest BCUT2D eigenvalue weighted by molar-refractivity contribution is 0.104. The lowest BCUT2D eigenvalue weighted by Crippen LogP contribution is -2.35. The average Bonchev–Trinajstić information content (AvgIpc) is 2.23. The minimum absolute atomic E-state index is 0.262. The maximum atomic E-state index is 9.61. The SMILES string of the molecule is CC(C)NCC(O)COc1cncc(Br)c1. The van der Waals surface area contributed by atoms with Gasteiger partial charge in [-0.25, -0.2) is 0 Å². The van der Waals surface area contributed by atoms with E-state index >= 15 is 0 Å². The van der Waals surface area contributed by atoms with E-state index in [2.05, 4.69) is 26.2 Å². The van der Waals surface area contributed by atoms with Crippen LogP contribution < -0.4 is 10.1 Å². The van der Waals surface area contributed by atoms with Crippen molar-refractivity contribution >= 4 is 15.9 Å². The molecule has 5 heteroatoms. The van der Waals surface area contributed by atoms with Gasteiger partial charge >= 0.3 is 0 Å².